The van der Waals surface area contributed by atoms with Gasteiger partial charge in [-0.3, -0.25) is 0 Å². The molecule has 1 aliphatic rings. The summed E-state index contributed by atoms with van der Waals surface area (Å²) in [6, 6.07) is 10.0. The molecular weight excluding hydrogens is 398 g/mol. The first-order valence-corrected chi connectivity index (χ1v) is 10.1. The molecule has 9 heteroatoms. The Bertz CT molecular complexity index is 778. The first kappa shape index (κ1) is 22.5. The van der Waals surface area contributed by atoms with Gasteiger partial charge < -0.3 is 29.3 Å². The SMILES string of the molecule is CCN(CC)CCC(Oc1cccc2c1OCO2)c1cccs1.O=C(O)C(=O)O. The van der Waals surface area contributed by atoms with Gasteiger partial charge in [0.1, 0.15) is 6.10 Å². The van der Waals surface area contributed by atoms with Crippen LogP contribution in [0.25, 0.3) is 0 Å². The third kappa shape index (κ3) is 6.65. The summed E-state index contributed by atoms with van der Waals surface area (Å²) < 4.78 is 17.3. The van der Waals surface area contributed by atoms with Crippen LogP contribution in [-0.4, -0.2) is 53.5 Å². The van der Waals surface area contributed by atoms with E-state index in [1.807, 2.05) is 18.2 Å². The Labute approximate surface area is 173 Å². The lowest BCUT2D eigenvalue weighted by Crippen LogP contribution is -2.26. The highest BCUT2D eigenvalue weighted by molar-refractivity contribution is 7.10. The number of fused-ring (bicyclic) bond motifs is 1. The molecule has 29 heavy (non-hydrogen) atoms. The van der Waals surface area contributed by atoms with Crippen LogP contribution in [0.15, 0.2) is 35.7 Å². The van der Waals surface area contributed by atoms with E-state index in [2.05, 4.69) is 36.3 Å². The number of nitrogens with zero attached hydrogens (tertiary/aromatic N) is 1. The standard InChI is InChI=1S/C18H23NO3S.C2H2O4/c1-3-19(4-2)11-10-14(17-9-6-12-23-17)22-16-8-5-7-15-18(16)21-13-20-15;3-1(4)2(5)6/h5-9,12,14H,3-4,10-11,13H2,1-2H3;(H,3,4)(H,5,6). The number of benzene rings is 1. The predicted octanol–water partition coefficient (Wildman–Crippen LogP) is 3.48. The Hall–Kier alpha value is -2.78. The first-order chi connectivity index (χ1) is 14.0. The lowest BCUT2D eigenvalue weighted by Gasteiger charge is -2.23. The van der Waals surface area contributed by atoms with Crippen molar-refractivity contribution in [2.75, 3.05) is 26.4 Å². The summed E-state index contributed by atoms with van der Waals surface area (Å²) in [5.74, 6) is -1.41. The number of para-hydroxylation sites is 1. The van der Waals surface area contributed by atoms with Crippen molar-refractivity contribution in [3.63, 3.8) is 0 Å². The second-order valence-corrected chi connectivity index (χ2v) is 7.02. The molecule has 0 saturated carbocycles. The van der Waals surface area contributed by atoms with Gasteiger partial charge in [-0.15, -0.1) is 11.3 Å². The van der Waals surface area contributed by atoms with Gasteiger partial charge >= 0.3 is 11.9 Å². The van der Waals surface area contributed by atoms with Crippen molar-refractivity contribution in [2.45, 2.75) is 26.4 Å². The molecule has 2 N–H and O–H groups in total. The van der Waals surface area contributed by atoms with Crippen LogP contribution >= 0.6 is 11.3 Å². The Morgan fingerprint density at radius 2 is 1.86 bits per heavy atom. The average molecular weight is 423 g/mol. The first-order valence-electron chi connectivity index (χ1n) is 9.23. The van der Waals surface area contributed by atoms with Crippen molar-refractivity contribution in [1.82, 2.24) is 4.90 Å². The zero-order chi connectivity index (χ0) is 21.2. The maximum Gasteiger partial charge on any atom is 0.414 e. The third-order valence-corrected chi connectivity index (χ3v) is 5.24. The summed E-state index contributed by atoms with van der Waals surface area (Å²) in [5, 5.41) is 16.9. The van der Waals surface area contributed by atoms with E-state index in [1.54, 1.807) is 11.3 Å². The lowest BCUT2D eigenvalue weighted by molar-refractivity contribution is -0.159. The summed E-state index contributed by atoms with van der Waals surface area (Å²) in [7, 11) is 0. The molecule has 0 saturated heterocycles. The van der Waals surface area contributed by atoms with Crippen LogP contribution in [0.2, 0.25) is 0 Å². The molecule has 0 aliphatic carbocycles. The van der Waals surface area contributed by atoms with Gasteiger partial charge in [0.15, 0.2) is 11.5 Å². The number of carbonyl (C=O) groups is 2. The molecule has 1 aromatic heterocycles. The lowest BCUT2D eigenvalue weighted by atomic mass is 10.2. The fourth-order valence-electron chi connectivity index (χ4n) is 2.72. The summed E-state index contributed by atoms with van der Waals surface area (Å²) in [5.41, 5.74) is 0. The number of ether oxygens (including phenoxy) is 3. The van der Waals surface area contributed by atoms with Crippen LogP contribution in [0, 0.1) is 0 Å². The fraction of sp³-hybridized carbons (Fsp3) is 0.400. The second kappa shape index (κ2) is 11.3. The van der Waals surface area contributed by atoms with Crippen molar-refractivity contribution >= 4 is 23.3 Å². The number of hydrogen-bond donors (Lipinski definition) is 2. The number of carboxylic acid groups (broad SMARTS) is 2. The predicted molar refractivity (Wildman–Crippen MR) is 108 cm³/mol. The smallest absolute Gasteiger partial charge is 0.414 e. The van der Waals surface area contributed by atoms with Crippen molar-refractivity contribution in [2.24, 2.45) is 0 Å². The number of aliphatic carboxylic acids is 2. The van der Waals surface area contributed by atoms with Crippen LogP contribution in [-0.2, 0) is 9.59 Å². The monoisotopic (exact) mass is 423 g/mol. The van der Waals surface area contributed by atoms with Gasteiger partial charge in [0.05, 0.1) is 0 Å². The van der Waals surface area contributed by atoms with Gasteiger partial charge in [0.25, 0.3) is 0 Å². The number of hydrogen-bond acceptors (Lipinski definition) is 7. The Kier molecular flexibility index (Phi) is 8.75. The molecule has 0 fully saturated rings. The van der Waals surface area contributed by atoms with Crippen molar-refractivity contribution in [3.8, 4) is 17.2 Å². The minimum absolute atomic E-state index is 0.0336. The van der Waals surface area contributed by atoms with Crippen molar-refractivity contribution in [1.29, 1.82) is 0 Å². The molecule has 0 amide bonds. The molecule has 0 spiro atoms. The van der Waals surface area contributed by atoms with E-state index in [-0.39, 0.29) is 12.9 Å². The van der Waals surface area contributed by atoms with Crippen LogP contribution < -0.4 is 14.2 Å². The van der Waals surface area contributed by atoms with Crippen LogP contribution in [0.4, 0.5) is 0 Å². The number of rotatable bonds is 8. The third-order valence-electron chi connectivity index (χ3n) is 4.28. The Morgan fingerprint density at radius 1 is 1.14 bits per heavy atom. The van der Waals surface area contributed by atoms with Gasteiger partial charge in [-0.1, -0.05) is 26.0 Å². The minimum atomic E-state index is -1.82. The average Bonchev–Trinajstić information content (AvgIpc) is 3.40. The van der Waals surface area contributed by atoms with E-state index in [4.69, 9.17) is 34.0 Å². The van der Waals surface area contributed by atoms with Crippen molar-refractivity contribution < 1.29 is 34.0 Å². The summed E-state index contributed by atoms with van der Waals surface area (Å²) >= 11 is 1.73. The quantitative estimate of drug-likeness (QED) is 0.622. The van der Waals surface area contributed by atoms with Gasteiger partial charge in [0, 0.05) is 17.8 Å². The van der Waals surface area contributed by atoms with E-state index in [0.29, 0.717) is 0 Å². The van der Waals surface area contributed by atoms with Gasteiger partial charge in [-0.25, -0.2) is 9.59 Å². The minimum Gasteiger partial charge on any atom is -0.481 e. The maximum atomic E-state index is 9.10. The molecule has 1 aromatic carbocycles. The zero-order valence-corrected chi connectivity index (χ0v) is 17.2. The molecule has 2 aromatic rings. The molecule has 1 atom stereocenters. The van der Waals surface area contributed by atoms with E-state index in [1.165, 1.54) is 4.88 Å². The fourth-order valence-corrected chi connectivity index (χ4v) is 3.51. The van der Waals surface area contributed by atoms with Gasteiger partial charge in [-0.2, -0.15) is 0 Å². The maximum absolute atomic E-state index is 9.10. The molecular formula is C20H25NO7S. The molecule has 0 radical (unpaired) electrons. The molecule has 0 bridgehead atoms. The number of carboxylic acids is 2. The van der Waals surface area contributed by atoms with Gasteiger partial charge in [-0.05, 0) is 36.7 Å². The Balaban J connectivity index is 0.000000438. The highest BCUT2D eigenvalue weighted by Gasteiger charge is 2.22. The highest BCUT2D eigenvalue weighted by atomic mass is 32.1. The van der Waals surface area contributed by atoms with E-state index in [9.17, 15) is 0 Å². The number of thiophene rings is 1. The van der Waals surface area contributed by atoms with Crippen LogP contribution in [0.5, 0.6) is 17.2 Å². The normalized spacial score (nSPS) is 12.8. The molecule has 1 aliphatic heterocycles. The summed E-state index contributed by atoms with van der Waals surface area (Å²) in [4.78, 5) is 21.9. The van der Waals surface area contributed by atoms with Gasteiger partial charge in [0.2, 0.25) is 12.5 Å². The van der Waals surface area contributed by atoms with E-state index >= 15 is 0 Å². The topological polar surface area (TPSA) is 106 Å². The van der Waals surface area contributed by atoms with E-state index < -0.39 is 11.9 Å². The largest absolute Gasteiger partial charge is 0.481 e. The van der Waals surface area contributed by atoms with Crippen molar-refractivity contribution in [3.05, 3.63) is 40.6 Å². The molecule has 1 unspecified atom stereocenters. The highest BCUT2D eigenvalue weighted by Crippen LogP contribution is 2.42. The Morgan fingerprint density at radius 3 is 2.45 bits per heavy atom. The molecule has 3 rings (SSSR count). The van der Waals surface area contributed by atoms with Crippen LogP contribution in [0.1, 0.15) is 31.2 Å². The zero-order valence-electron chi connectivity index (χ0n) is 16.4. The summed E-state index contributed by atoms with van der Waals surface area (Å²) in [6.07, 6.45) is 0.985. The molecule has 2 heterocycles. The summed E-state index contributed by atoms with van der Waals surface area (Å²) in [6.45, 7) is 7.79. The van der Waals surface area contributed by atoms with E-state index in [0.717, 1.165) is 43.3 Å². The second-order valence-electron chi connectivity index (χ2n) is 6.04. The van der Waals surface area contributed by atoms with Crippen LogP contribution in [0.3, 0.4) is 0 Å². The molecule has 8 nitrogen and oxygen atoms in total. The molecule has 158 valence electrons.